The molecule has 0 saturated carbocycles. The maximum atomic E-state index is 13.6. The average Bonchev–Trinajstić information content (AvgIpc) is 2.36. The lowest BCUT2D eigenvalue weighted by atomic mass is 9.96. The van der Waals surface area contributed by atoms with Crippen molar-refractivity contribution in [3.63, 3.8) is 0 Å². The van der Waals surface area contributed by atoms with Gasteiger partial charge in [-0.15, -0.1) is 0 Å². The lowest BCUT2D eigenvalue weighted by Gasteiger charge is -2.15. The fourth-order valence-corrected chi connectivity index (χ4v) is 1.97. The molecule has 112 valence electrons. The SMILES string of the molecule is CC(CCO)CNC(=O)CC(C)c1ccc(F)cc1F. The highest BCUT2D eigenvalue weighted by molar-refractivity contribution is 5.76. The van der Waals surface area contributed by atoms with Crippen LogP contribution in [0, 0.1) is 17.6 Å². The van der Waals surface area contributed by atoms with E-state index in [1.165, 1.54) is 12.1 Å². The fraction of sp³-hybridized carbons (Fsp3) is 0.533. The minimum atomic E-state index is -0.626. The number of halogens is 2. The van der Waals surface area contributed by atoms with Gasteiger partial charge in [-0.05, 0) is 29.9 Å². The maximum absolute atomic E-state index is 13.6. The third-order valence-corrected chi connectivity index (χ3v) is 3.25. The Morgan fingerprint density at radius 2 is 2.05 bits per heavy atom. The second-order valence-corrected chi connectivity index (χ2v) is 5.19. The summed E-state index contributed by atoms with van der Waals surface area (Å²) in [7, 11) is 0. The highest BCUT2D eigenvalue weighted by Crippen LogP contribution is 2.22. The van der Waals surface area contributed by atoms with Crippen LogP contribution < -0.4 is 5.32 Å². The fourth-order valence-electron chi connectivity index (χ4n) is 1.97. The van der Waals surface area contributed by atoms with Gasteiger partial charge < -0.3 is 10.4 Å². The van der Waals surface area contributed by atoms with Crippen LogP contribution in [-0.4, -0.2) is 24.2 Å². The van der Waals surface area contributed by atoms with Crippen LogP contribution in [0.2, 0.25) is 0 Å². The monoisotopic (exact) mass is 285 g/mol. The van der Waals surface area contributed by atoms with E-state index in [9.17, 15) is 13.6 Å². The van der Waals surface area contributed by atoms with E-state index in [0.29, 0.717) is 18.5 Å². The first-order valence-electron chi connectivity index (χ1n) is 6.76. The zero-order chi connectivity index (χ0) is 15.1. The highest BCUT2D eigenvalue weighted by Gasteiger charge is 2.15. The number of carbonyl (C=O) groups is 1. The van der Waals surface area contributed by atoms with E-state index < -0.39 is 11.6 Å². The van der Waals surface area contributed by atoms with E-state index in [0.717, 1.165) is 6.07 Å². The van der Waals surface area contributed by atoms with Gasteiger partial charge >= 0.3 is 0 Å². The number of hydrogen-bond acceptors (Lipinski definition) is 2. The van der Waals surface area contributed by atoms with Crippen molar-refractivity contribution in [3.05, 3.63) is 35.4 Å². The molecule has 2 unspecified atom stereocenters. The molecule has 3 nitrogen and oxygen atoms in total. The highest BCUT2D eigenvalue weighted by atomic mass is 19.1. The molecule has 5 heteroatoms. The van der Waals surface area contributed by atoms with E-state index in [4.69, 9.17) is 5.11 Å². The lowest BCUT2D eigenvalue weighted by molar-refractivity contribution is -0.121. The molecular weight excluding hydrogens is 264 g/mol. The van der Waals surface area contributed by atoms with E-state index >= 15 is 0 Å². The first-order valence-corrected chi connectivity index (χ1v) is 6.76. The van der Waals surface area contributed by atoms with Gasteiger partial charge in [0.05, 0.1) is 0 Å². The molecule has 1 aromatic carbocycles. The first kappa shape index (κ1) is 16.6. The number of rotatable bonds is 7. The quantitative estimate of drug-likeness (QED) is 0.809. The summed E-state index contributed by atoms with van der Waals surface area (Å²) in [5.41, 5.74) is 0.338. The molecule has 2 atom stereocenters. The van der Waals surface area contributed by atoms with Crippen molar-refractivity contribution in [3.8, 4) is 0 Å². The zero-order valence-electron chi connectivity index (χ0n) is 11.8. The standard InChI is InChI=1S/C15H21F2NO2/c1-10(5-6-19)9-18-15(20)7-11(2)13-4-3-12(16)8-14(13)17/h3-4,8,10-11,19H,5-7,9H2,1-2H3,(H,18,20). The second kappa shape index (κ2) is 7.94. The van der Waals surface area contributed by atoms with Crippen molar-refractivity contribution in [2.24, 2.45) is 5.92 Å². The number of aliphatic hydroxyl groups excluding tert-OH is 1. The molecule has 0 bridgehead atoms. The van der Waals surface area contributed by atoms with E-state index in [2.05, 4.69) is 5.32 Å². The Morgan fingerprint density at radius 3 is 2.65 bits per heavy atom. The number of nitrogens with one attached hydrogen (secondary N) is 1. The summed E-state index contributed by atoms with van der Waals surface area (Å²) in [6.07, 6.45) is 0.775. The second-order valence-electron chi connectivity index (χ2n) is 5.19. The van der Waals surface area contributed by atoms with E-state index in [1.807, 2.05) is 6.92 Å². The van der Waals surface area contributed by atoms with Crippen LogP contribution in [-0.2, 0) is 4.79 Å². The van der Waals surface area contributed by atoms with Gasteiger partial charge in [-0.1, -0.05) is 19.9 Å². The molecule has 0 heterocycles. The van der Waals surface area contributed by atoms with Gasteiger partial charge in [0.25, 0.3) is 0 Å². The van der Waals surface area contributed by atoms with Crippen LogP contribution in [0.3, 0.4) is 0 Å². The first-order chi connectivity index (χ1) is 9.43. The number of hydrogen-bond donors (Lipinski definition) is 2. The molecule has 0 aliphatic heterocycles. The van der Waals surface area contributed by atoms with Crippen LogP contribution in [0.4, 0.5) is 8.78 Å². The van der Waals surface area contributed by atoms with Crippen molar-refractivity contribution in [2.75, 3.05) is 13.2 Å². The van der Waals surface area contributed by atoms with Gasteiger partial charge in [-0.3, -0.25) is 4.79 Å². The lowest BCUT2D eigenvalue weighted by Crippen LogP contribution is -2.29. The van der Waals surface area contributed by atoms with Crippen LogP contribution in [0.15, 0.2) is 18.2 Å². The Balaban J connectivity index is 2.49. The van der Waals surface area contributed by atoms with Gasteiger partial charge in [-0.2, -0.15) is 0 Å². The van der Waals surface area contributed by atoms with Crippen LogP contribution >= 0.6 is 0 Å². The molecule has 0 fully saturated rings. The molecule has 1 amide bonds. The minimum Gasteiger partial charge on any atom is -0.396 e. The minimum absolute atomic E-state index is 0.0915. The van der Waals surface area contributed by atoms with Gasteiger partial charge in [0.2, 0.25) is 5.91 Å². The van der Waals surface area contributed by atoms with Crippen molar-refractivity contribution in [1.82, 2.24) is 5.32 Å². The van der Waals surface area contributed by atoms with Crippen LogP contribution in [0.25, 0.3) is 0 Å². The van der Waals surface area contributed by atoms with Crippen LogP contribution in [0.5, 0.6) is 0 Å². The molecule has 0 aliphatic rings. The average molecular weight is 285 g/mol. The van der Waals surface area contributed by atoms with Crippen LogP contribution in [0.1, 0.15) is 38.2 Å². The van der Waals surface area contributed by atoms with Gasteiger partial charge in [0, 0.05) is 25.6 Å². The Morgan fingerprint density at radius 1 is 1.35 bits per heavy atom. The molecule has 0 radical (unpaired) electrons. The molecule has 20 heavy (non-hydrogen) atoms. The van der Waals surface area contributed by atoms with Gasteiger partial charge in [-0.25, -0.2) is 8.78 Å². The summed E-state index contributed by atoms with van der Waals surface area (Å²) >= 11 is 0. The van der Waals surface area contributed by atoms with Crippen molar-refractivity contribution in [2.45, 2.75) is 32.6 Å². The number of carbonyl (C=O) groups excluding carboxylic acids is 1. The maximum Gasteiger partial charge on any atom is 0.220 e. The number of benzene rings is 1. The Kier molecular flexibility index (Phi) is 6.58. The third kappa shape index (κ3) is 5.25. The number of aliphatic hydroxyl groups is 1. The number of amides is 1. The molecule has 1 rings (SSSR count). The van der Waals surface area contributed by atoms with Gasteiger partial charge in [0.1, 0.15) is 11.6 Å². The topological polar surface area (TPSA) is 49.3 Å². The molecular formula is C15H21F2NO2. The molecule has 0 spiro atoms. The molecule has 0 aromatic heterocycles. The summed E-state index contributed by atoms with van der Waals surface area (Å²) in [5.74, 6) is -1.55. The Bertz CT molecular complexity index is 451. The molecule has 1 aromatic rings. The smallest absolute Gasteiger partial charge is 0.220 e. The molecule has 2 N–H and O–H groups in total. The summed E-state index contributed by atoms with van der Waals surface area (Å²) < 4.78 is 26.4. The van der Waals surface area contributed by atoms with E-state index in [-0.39, 0.29) is 30.8 Å². The molecule has 0 aliphatic carbocycles. The summed E-state index contributed by atoms with van der Waals surface area (Å²) in [5, 5.41) is 11.5. The Hall–Kier alpha value is -1.49. The summed E-state index contributed by atoms with van der Waals surface area (Å²) in [4.78, 5) is 11.7. The predicted molar refractivity (Wildman–Crippen MR) is 73.3 cm³/mol. The summed E-state index contributed by atoms with van der Waals surface area (Å²) in [6, 6.07) is 3.39. The van der Waals surface area contributed by atoms with Crippen molar-refractivity contribution < 1.29 is 18.7 Å². The summed E-state index contributed by atoms with van der Waals surface area (Å²) in [6.45, 7) is 4.23. The van der Waals surface area contributed by atoms with Crippen molar-refractivity contribution in [1.29, 1.82) is 0 Å². The normalized spacial score (nSPS) is 13.8. The van der Waals surface area contributed by atoms with Crippen molar-refractivity contribution >= 4 is 5.91 Å². The largest absolute Gasteiger partial charge is 0.396 e. The van der Waals surface area contributed by atoms with E-state index in [1.54, 1.807) is 6.92 Å². The van der Waals surface area contributed by atoms with Gasteiger partial charge in [0.15, 0.2) is 0 Å². The zero-order valence-corrected chi connectivity index (χ0v) is 11.8. The molecule has 0 saturated heterocycles. The third-order valence-electron chi connectivity index (χ3n) is 3.25. The predicted octanol–water partition coefficient (Wildman–Crippen LogP) is 2.59. The Labute approximate surface area is 118 Å².